The van der Waals surface area contributed by atoms with Crippen molar-refractivity contribution in [2.75, 3.05) is 6.61 Å². The number of nitrogens with one attached hydrogen (secondary N) is 2. The van der Waals surface area contributed by atoms with Crippen molar-refractivity contribution in [3.05, 3.63) is 50.8 Å². The van der Waals surface area contributed by atoms with Gasteiger partial charge < -0.3 is 20.3 Å². The Morgan fingerprint density at radius 1 is 1.41 bits per heavy atom. The van der Waals surface area contributed by atoms with E-state index in [1.54, 1.807) is 12.0 Å². The Morgan fingerprint density at radius 3 is 2.81 bits per heavy atom. The van der Waals surface area contributed by atoms with Crippen molar-refractivity contribution in [3.63, 3.8) is 0 Å². The normalized spacial score (nSPS) is 25.3. The van der Waals surface area contributed by atoms with Gasteiger partial charge in [-0.15, -0.1) is 0 Å². The maximum absolute atomic E-state index is 13.3. The van der Waals surface area contributed by atoms with Gasteiger partial charge in [-0.25, -0.2) is 4.79 Å². The Hall–Kier alpha value is -2.83. The second-order valence-corrected chi connectivity index (χ2v) is 6.22. The first kappa shape index (κ1) is 18.9. The van der Waals surface area contributed by atoms with E-state index in [0.29, 0.717) is 6.20 Å². The van der Waals surface area contributed by atoms with Crippen LogP contribution in [0.3, 0.4) is 0 Å². The Morgan fingerprint density at radius 2 is 2.15 bits per heavy atom. The molecule has 0 saturated carbocycles. The quantitative estimate of drug-likeness (QED) is 0.449. The maximum Gasteiger partial charge on any atom is 0.328 e. The smallest absolute Gasteiger partial charge is 0.328 e. The van der Waals surface area contributed by atoms with Gasteiger partial charge in [0, 0.05) is 13.2 Å². The molecule has 0 aliphatic carbocycles. The van der Waals surface area contributed by atoms with Crippen LogP contribution in [0.1, 0.15) is 10.4 Å². The number of H-pyrrole nitrogens is 1. The Kier molecular flexibility index (Phi) is 5.21. The highest BCUT2D eigenvalue weighted by Gasteiger charge is 2.39. The molecule has 0 aromatic carbocycles. The van der Waals surface area contributed by atoms with Gasteiger partial charge >= 0.3 is 5.69 Å². The number of hydrogen-bond acceptors (Lipinski definition) is 7. The number of aliphatic hydroxyl groups excluding tert-OH is 2. The van der Waals surface area contributed by atoms with Crippen molar-refractivity contribution in [1.29, 1.82) is 0 Å². The number of nitrogens with zero attached hydrogens (tertiary/aromatic N) is 3. The van der Waals surface area contributed by atoms with E-state index in [4.69, 9.17) is 4.74 Å². The minimum Gasteiger partial charge on any atom is -0.388 e. The molecular formula is C15H18FN5O6. The van der Waals surface area contributed by atoms with E-state index in [1.165, 1.54) is 17.1 Å². The second kappa shape index (κ2) is 7.42. The molecule has 1 amide bonds. The van der Waals surface area contributed by atoms with Crippen LogP contribution in [0.25, 0.3) is 0 Å². The van der Waals surface area contributed by atoms with Crippen molar-refractivity contribution in [3.8, 4) is 0 Å². The summed E-state index contributed by atoms with van der Waals surface area (Å²) >= 11 is 0. The number of aryl methyl sites for hydroxylation is 1. The van der Waals surface area contributed by atoms with Crippen LogP contribution in [-0.4, -0.2) is 66.4 Å². The van der Waals surface area contributed by atoms with Gasteiger partial charge in [0.25, 0.3) is 11.5 Å². The number of ether oxygens (including phenoxy) is 1. The van der Waals surface area contributed by atoms with Gasteiger partial charge in [0.05, 0.1) is 37.2 Å². The predicted octanol–water partition coefficient (Wildman–Crippen LogP) is -2.67. The predicted molar refractivity (Wildman–Crippen MR) is 87.5 cm³/mol. The number of amides is 1. The molecule has 2 aromatic heterocycles. The SMILES string of the molecule is Cn1cc(C(=O)N[C@@H]2CO[C@H](Cn3cc(F)c(=O)[nH]c3=O)[C@@H](O)[C@H]2O)cn1. The molecule has 0 radical (unpaired) electrons. The third kappa shape index (κ3) is 3.97. The topological polar surface area (TPSA) is 151 Å². The molecule has 0 spiro atoms. The maximum atomic E-state index is 13.3. The molecule has 3 rings (SSSR count). The van der Waals surface area contributed by atoms with E-state index in [0.717, 1.165) is 4.57 Å². The highest BCUT2D eigenvalue weighted by Crippen LogP contribution is 2.17. The fraction of sp³-hybridized carbons (Fsp3) is 0.467. The van der Waals surface area contributed by atoms with E-state index in [1.807, 2.05) is 0 Å². The summed E-state index contributed by atoms with van der Waals surface area (Å²) in [6, 6.07) is -0.895. The molecule has 0 unspecified atom stereocenters. The minimum atomic E-state index is -1.46. The molecule has 4 atom stereocenters. The number of aromatic amines is 1. The first-order valence-corrected chi connectivity index (χ1v) is 8.02. The van der Waals surface area contributed by atoms with Gasteiger partial charge in [-0.2, -0.15) is 9.49 Å². The summed E-state index contributed by atoms with van der Waals surface area (Å²) in [6.45, 7) is -0.441. The van der Waals surface area contributed by atoms with Crippen molar-refractivity contribution < 1.29 is 24.1 Å². The van der Waals surface area contributed by atoms with Crippen molar-refractivity contribution >= 4 is 5.91 Å². The van der Waals surface area contributed by atoms with Gasteiger partial charge in [-0.3, -0.25) is 23.8 Å². The Labute approximate surface area is 151 Å². The van der Waals surface area contributed by atoms with E-state index < -0.39 is 47.3 Å². The molecule has 1 fully saturated rings. The molecule has 12 heteroatoms. The molecule has 11 nitrogen and oxygen atoms in total. The molecule has 0 bridgehead atoms. The Balaban J connectivity index is 1.66. The van der Waals surface area contributed by atoms with E-state index in [2.05, 4.69) is 10.4 Å². The third-order valence-electron chi connectivity index (χ3n) is 4.26. The van der Waals surface area contributed by atoms with Crippen molar-refractivity contribution in [2.24, 2.45) is 7.05 Å². The molecule has 1 aliphatic rings. The van der Waals surface area contributed by atoms with E-state index in [9.17, 15) is 29.0 Å². The van der Waals surface area contributed by atoms with Crippen LogP contribution in [0.4, 0.5) is 4.39 Å². The molecule has 2 aromatic rings. The number of rotatable bonds is 4. The molecule has 27 heavy (non-hydrogen) atoms. The van der Waals surface area contributed by atoms with Gasteiger partial charge in [-0.05, 0) is 0 Å². The second-order valence-electron chi connectivity index (χ2n) is 6.22. The number of halogens is 1. The van der Waals surface area contributed by atoms with Crippen LogP contribution in [-0.2, 0) is 18.3 Å². The Bertz CT molecular complexity index is 953. The largest absolute Gasteiger partial charge is 0.388 e. The monoisotopic (exact) mass is 383 g/mol. The van der Waals surface area contributed by atoms with E-state index in [-0.39, 0.29) is 18.7 Å². The molecular weight excluding hydrogens is 365 g/mol. The zero-order chi connectivity index (χ0) is 19.7. The first-order valence-electron chi connectivity index (χ1n) is 8.02. The lowest BCUT2D eigenvalue weighted by molar-refractivity contribution is -0.152. The van der Waals surface area contributed by atoms with Crippen LogP contribution in [0.5, 0.6) is 0 Å². The fourth-order valence-corrected chi connectivity index (χ4v) is 2.77. The lowest BCUT2D eigenvalue weighted by atomic mass is 9.97. The summed E-state index contributed by atoms with van der Waals surface area (Å²) in [5.74, 6) is -1.66. The molecule has 4 N–H and O–H groups in total. The zero-order valence-electron chi connectivity index (χ0n) is 14.2. The summed E-state index contributed by atoms with van der Waals surface area (Å²) in [5.41, 5.74) is -1.75. The number of hydrogen-bond donors (Lipinski definition) is 4. The van der Waals surface area contributed by atoms with Gasteiger partial charge in [0.1, 0.15) is 18.3 Å². The van der Waals surface area contributed by atoms with Gasteiger partial charge in [0.2, 0.25) is 5.82 Å². The summed E-state index contributed by atoms with van der Waals surface area (Å²) in [6.07, 6.45) is -0.356. The van der Waals surface area contributed by atoms with Crippen LogP contribution in [0, 0.1) is 5.82 Å². The summed E-state index contributed by atoms with van der Waals surface area (Å²) in [7, 11) is 1.64. The van der Waals surface area contributed by atoms with Crippen LogP contribution < -0.4 is 16.6 Å². The minimum absolute atomic E-state index is 0.143. The molecule has 146 valence electrons. The number of carbonyl (C=O) groups is 1. The first-order chi connectivity index (χ1) is 12.8. The van der Waals surface area contributed by atoms with Crippen LogP contribution >= 0.6 is 0 Å². The highest BCUT2D eigenvalue weighted by molar-refractivity contribution is 5.93. The number of aliphatic hydroxyl groups is 2. The molecule has 1 saturated heterocycles. The highest BCUT2D eigenvalue weighted by atomic mass is 19.1. The average molecular weight is 383 g/mol. The van der Waals surface area contributed by atoms with Crippen LogP contribution in [0.15, 0.2) is 28.2 Å². The summed E-state index contributed by atoms with van der Waals surface area (Å²) < 4.78 is 21.0. The zero-order valence-corrected chi connectivity index (χ0v) is 14.2. The van der Waals surface area contributed by atoms with Gasteiger partial charge in [-0.1, -0.05) is 0 Å². The fourth-order valence-electron chi connectivity index (χ4n) is 2.77. The molecule has 3 heterocycles. The summed E-state index contributed by atoms with van der Waals surface area (Å²) in [4.78, 5) is 36.7. The standard InChI is InChI=1S/C15H18FN5O6/c1-20-3-7(2-17-20)13(24)18-9-6-27-10(12(23)11(9)22)5-21-4-8(16)14(25)19-15(21)26/h2-4,9-12,22-23H,5-6H2,1H3,(H,18,24)(H,19,25,26)/t9-,10-,11+,12-/m1/s1. The molecule has 1 aliphatic heterocycles. The third-order valence-corrected chi connectivity index (χ3v) is 4.26. The van der Waals surface area contributed by atoms with Gasteiger partial charge in [0.15, 0.2) is 0 Å². The van der Waals surface area contributed by atoms with Crippen LogP contribution in [0.2, 0.25) is 0 Å². The average Bonchev–Trinajstić information content (AvgIpc) is 3.05. The van der Waals surface area contributed by atoms with Crippen molar-refractivity contribution in [1.82, 2.24) is 24.6 Å². The summed E-state index contributed by atoms with van der Waals surface area (Å²) in [5, 5.41) is 26.9. The van der Waals surface area contributed by atoms with E-state index >= 15 is 0 Å². The lowest BCUT2D eigenvalue weighted by Gasteiger charge is -2.38. The number of aromatic nitrogens is 4. The van der Waals surface area contributed by atoms with Crippen molar-refractivity contribution in [2.45, 2.75) is 30.9 Å². The lowest BCUT2D eigenvalue weighted by Crippen LogP contribution is -2.60. The number of carbonyl (C=O) groups excluding carboxylic acids is 1.